The minimum Gasteiger partial charge on any atom is -0.508 e. The van der Waals surface area contributed by atoms with E-state index in [4.69, 9.17) is 4.74 Å². The Hall–Kier alpha value is -1.36. The van der Waals surface area contributed by atoms with E-state index in [2.05, 4.69) is 36.6 Å². The zero-order valence-electron chi connectivity index (χ0n) is 21.2. The molecule has 1 unspecified atom stereocenters. The zero-order valence-corrected chi connectivity index (χ0v) is 21.2. The molecule has 0 spiro atoms. The molecule has 4 heteroatoms. The summed E-state index contributed by atoms with van der Waals surface area (Å²) in [6, 6.07) is 6.15. The van der Waals surface area contributed by atoms with Crippen molar-refractivity contribution in [1.82, 2.24) is 4.90 Å². The van der Waals surface area contributed by atoms with Gasteiger partial charge < -0.3 is 14.9 Å². The molecule has 5 rings (SSSR count). The van der Waals surface area contributed by atoms with Crippen LogP contribution in [0.4, 0.5) is 0 Å². The maximum Gasteiger partial charge on any atom is 0.115 e. The Morgan fingerprint density at radius 1 is 1.09 bits per heavy atom. The van der Waals surface area contributed by atoms with Gasteiger partial charge >= 0.3 is 0 Å². The topological polar surface area (TPSA) is 52.9 Å². The highest BCUT2D eigenvalue weighted by Gasteiger charge is 2.61. The van der Waals surface area contributed by atoms with Gasteiger partial charge in [-0.1, -0.05) is 38.3 Å². The number of aromatic hydroxyl groups is 1. The number of fused-ring (bicyclic) bond motifs is 5. The summed E-state index contributed by atoms with van der Waals surface area (Å²) in [5.74, 6) is 1.84. The van der Waals surface area contributed by atoms with Crippen LogP contribution in [0.1, 0.15) is 94.1 Å². The smallest absolute Gasteiger partial charge is 0.115 e. The standard InChI is InChI=1S/C30H45NO3/c1-3-30-21-22(8-6-4-5-7-15-31-16-18-34-19-17-31)25-20-23(32)9-10-24(25)26(30)13-14-29(2)27(30)11-12-28(29)33/h3,9-10,20,22,26-28,32-33H,1,4-8,11-19,21H2,2H3/t22?,26-,27-,28+,29+,30-/m1/s1. The van der Waals surface area contributed by atoms with Crippen LogP contribution in [0.3, 0.4) is 0 Å². The number of aliphatic hydroxyl groups is 1. The molecule has 3 aliphatic carbocycles. The second kappa shape index (κ2) is 9.95. The molecule has 2 N–H and O–H groups in total. The molecule has 1 aromatic carbocycles. The molecule has 34 heavy (non-hydrogen) atoms. The lowest BCUT2D eigenvalue weighted by Gasteiger charge is -2.58. The first-order chi connectivity index (χ1) is 16.5. The highest BCUT2D eigenvalue weighted by atomic mass is 16.5. The van der Waals surface area contributed by atoms with Gasteiger partial charge in [0, 0.05) is 13.1 Å². The highest BCUT2D eigenvalue weighted by molar-refractivity contribution is 5.45. The predicted octanol–water partition coefficient (Wildman–Crippen LogP) is 5.99. The summed E-state index contributed by atoms with van der Waals surface area (Å²) in [6.07, 6.45) is 13.8. The molecule has 0 bridgehead atoms. The molecule has 4 nitrogen and oxygen atoms in total. The van der Waals surface area contributed by atoms with Crippen LogP contribution in [-0.4, -0.2) is 54.1 Å². The first-order valence-electron chi connectivity index (χ1n) is 13.9. The van der Waals surface area contributed by atoms with Crippen LogP contribution >= 0.6 is 0 Å². The first-order valence-corrected chi connectivity index (χ1v) is 13.9. The molecule has 0 amide bonds. The number of aliphatic hydroxyl groups excluding tert-OH is 1. The van der Waals surface area contributed by atoms with Crippen molar-refractivity contribution in [2.75, 3.05) is 32.8 Å². The molecule has 1 aliphatic heterocycles. The molecule has 1 saturated heterocycles. The Labute approximate surface area is 206 Å². The number of ether oxygens (including phenoxy) is 1. The van der Waals surface area contributed by atoms with Gasteiger partial charge in [-0.25, -0.2) is 0 Å². The highest BCUT2D eigenvalue weighted by Crippen LogP contribution is 2.69. The Morgan fingerprint density at radius 2 is 1.88 bits per heavy atom. The van der Waals surface area contributed by atoms with Gasteiger partial charge in [-0.05, 0) is 103 Å². The second-order valence-electron chi connectivity index (χ2n) is 11.9. The van der Waals surface area contributed by atoms with E-state index in [0.29, 0.717) is 23.5 Å². The fourth-order valence-electron chi connectivity index (χ4n) is 8.44. The minimum absolute atomic E-state index is 0.0170. The zero-order chi connectivity index (χ0) is 23.8. The van der Waals surface area contributed by atoms with E-state index >= 15 is 0 Å². The summed E-state index contributed by atoms with van der Waals surface area (Å²) >= 11 is 0. The SMILES string of the molecule is C=C[C@@]12CC(CCCCCCN3CCOCC3)c3cc(O)ccc3[C@H]1CC[C@@]1(C)[C@H]2CC[C@@H]1O. The van der Waals surface area contributed by atoms with Gasteiger partial charge in [-0.2, -0.15) is 0 Å². The number of allylic oxidation sites excluding steroid dienone is 1. The van der Waals surface area contributed by atoms with E-state index in [1.165, 1.54) is 49.8 Å². The van der Waals surface area contributed by atoms with Gasteiger partial charge in [0.2, 0.25) is 0 Å². The van der Waals surface area contributed by atoms with E-state index in [0.717, 1.165) is 58.4 Å². The summed E-state index contributed by atoms with van der Waals surface area (Å²) < 4.78 is 5.46. The lowest BCUT2D eigenvalue weighted by Crippen LogP contribution is -2.51. The Balaban J connectivity index is 1.28. The predicted molar refractivity (Wildman–Crippen MR) is 137 cm³/mol. The molecule has 6 atom stereocenters. The summed E-state index contributed by atoms with van der Waals surface area (Å²) in [6.45, 7) is 11.9. The average Bonchev–Trinajstić information content (AvgIpc) is 3.16. The summed E-state index contributed by atoms with van der Waals surface area (Å²) in [5, 5.41) is 21.3. The molecular formula is C30H45NO3. The summed E-state index contributed by atoms with van der Waals surface area (Å²) in [7, 11) is 0. The molecule has 0 aromatic heterocycles. The quantitative estimate of drug-likeness (QED) is 0.364. The van der Waals surface area contributed by atoms with Crippen molar-refractivity contribution < 1.29 is 14.9 Å². The van der Waals surface area contributed by atoms with Crippen LogP contribution in [0.2, 0.25) is 0 Å². The number of phenolic OH excluding ortho intramolecular Hbond substituents is 1. The molecule has 188 valence electrons. The molecule has 0 radical (unpaired) electrons. The molecule has 1 heterocycles. The number of unbranched alkanes of at least 4 members (excludes halogenated alkanes) is 3. The van der Waals surface area contributed by atoms with E-state index in [9.17, 15) is 10.2 Å². The molecule has 3 fully saturated rings. The van der Waals surface area contributed by atoms with Crippen LogP contribution in [-0.2, 0) is 4.74 Å². The van der Waals surface area contributed by atoms with Crippen molar-refractivity contribution in [3.63, 3.8) is 0 Å². The van der Waals surface area contributed by atoms with Crippen LogP contribution < -0.4 is 0 Å². The van der Waals surface area contributed by atoms with E-state index in [1.807, 2.05) is 6.07 Å². The van der Waals surface area contributed by atoms with Crippen LogP contribution in [0.15, 0.2) is 30.9 Å². The Morgan fingerprint density at radius 3 is 2.68 bits per heavy atom. The van der Waals surface area contributed by atoms with Crippen LogP contribution in [0, 0.1) is 16.7 Å². The third kappa shape index (κ3) is 4.24. The lowest BCUT2D eigenvalue weighted by atomic mass is 9.46. The van der Waals surface area contributed by atoms with E-state index in [1.54, 1.807) is 0 Å². The normalized spacial score (nSPS) is 37.6. The maximum atomic E-state index is 10.9. The van der Waals surface area contributed by atoms with Gasteiger partial charge in [0.05, 0.1) is 19.3 Å². The monoisotopic (exact) mass is 467 g/mol. The number of rotatable bonds is 8. The van der Waals surface area contributed by atoms with Gasteiger partial charge in [0.25, 0.3) is 0 Å². The Bertz CT molecular complexity index is 865. The van der Waals surface area contributed by atoms with Crippen molar-refractivity contribution >= 4 is 0 Å². The van der Waals surface area contributed by atoms with Crippen molar-refractivity contribution in [3.05, 3.63) is 42.0 Å². The van der Waals surface area contributed by atoms with Crippen LogP contribution in [0.5, 0.6) is 5.75 Å². The Kier molecular flexibility index (Phi) is 7.12. The molecule has 4 aliphatic rings. The van der Waals surface area contributed by atoms with Gasteiger partial charge in [-0.3, -0.25) is 4.90 Å². The number of nitrogens with zero attached hydrogens (tertiary/aromatic N) is 1. The number of morpholine rings is 1. The maximum absolute atomic E-state index is 10.9. The van der Waals surface area contributed by atoms with Crippen LogP contribution in [0.25, 0.3) is 0 Å². The summed E-state index contributed by atoms with van der Waals surface area (Å²) in [5.41, 5.74) is 2.92. The summed E-state index contributed by atoms with van der Waals surface area (Å²) in [4.78, 5) is 2.54. The third-order valence-corrected chi connectivity index (χ3v) is 10.3. The van der Waals surface area contributed by atoms with Crippen molar-refractivity contribution in [2.24, 2.45) is 16.7 Å². The number of hydrogen-bond donors (Lipinski definition) is 2. The number of benzene rings is 1. The molecular weight excluding hydrogens is 422 g/mol. The van der Waals surface area contributed by atoms with Crippen molar-refractivity contribution in [3.8, 4) is 5.75 Å². The molecule has 2 saturated carbocycles. The fraction of sp³-hybridized carbons (Fsp3) is 0.733. The van der Waals surface area contributed by atoms with E-state index < -0.39 is 0 Å². The van der Waals surface area contributed by atoms with Crippen molar-refractivity contribution in [2.45, 2.75) is 89.1 Å². The molecule has 1 aromatic rings. The number of phenols is 1. The first kappa shape index (κ1) is 24.3. The third-order valence-electron chi connectivity index (χ3n) is 10.3. The van der Waals surface area contributed by atoms with Gasteiger partial charge in [0.1, 0.15) is 5.75 Å². The fourth-order valence-corrected chi connectivity index (χ4v) is 8.44. The largest absolute Gasteiger partial charge is 0.508 e. The van der Waals surface area contributed by atoms with Gasteiger partial charge in [-0.15, -0.1) is 6.58 Å². The van der Waals surface area contributed by atoms with Gasteiger partial charge in [0.15, 0.2) is 0 Å². The second-order valence-corrected chi connectivity index (χ2v) is 11.9. The lowest BCUT2D eigenvalue weighted by molar-refractivity contribution is -0.0565. The number of hydrogen-bond acceptors (Lipinski definition) is 4. The average molecular weight is 468 g/mol. The van der Waals surface area contributed by atoms with E-state index in [-0.39, 0.29) is 16.9 Å². The minimum atomic E-state index is -0.179. The van der Waals surface area contributed by atoms with Crippen molar-refractivity contribution in [1.29, 1.82) is 0 Å².